The first-order chi connectivity index (χ1) is 8.22. The number of carboxylic acid groups (broad SMARTS) is 1. The van der Waals surface area contributed by atoms with Crippen LogP contribution in [0.1, 0.15) is 18.7 Å². The highest BCUT2D eigenvalue weighted by Gasteiger charge is 2.54. The molecule has 5 nitrogen and oxygen atoms in total. The Bertz CT molecular complexity index is 558. The van der Waals surface area contributed by atoms with E-state index in [4.69, 9.17) is 5.11 Å². The third-order valence-electron chi connectivity index (χ3n) is 3.16. The number of imidazole rings is 1. The predicted molar refractivity (Wildman–Crippen MR) is 60.4 cm³/mol. The van der Waals surface area contributed by atoms with Gasteiger partial charge in [0.1, 0.15) is 11.2 Å². The summed E-state index contributed by atoms with van der Waals surface area (Å²) in [6.45, 7) is 0. The van der Waals surface area contributed by atoms with Crippen LogP contribution >= 0.6 is 0 Å². The van der Waals surface area contributed by atoms with Crippen LogP contribution in [0.3, 0.4) is 0 Å². The summed E-state index contributed by atoms with van der Waals surface area (Å²) in [6, 6.07) is 3.74. The summed E-state index contributed by atoms with van der Waals surface area (Å²) >= 11 is 0. The van der Waals surface area contributed by atoms with Crippen molar-refractivity contribution in [3.05, 3.63) is 36.5 Å². The molecule has 0 aliphatic heterocycles. The van der Waals surface area contributed by atoms with Crippen molar-refractivity contribution in [2.45, 2.75) is 18.3 Å². The van der Waals surface area contributed by atoms with E-state index >= 15 is 0 Å². The minimum atomic E-state index is -0.801. The Morgan fingerprint density at radius 1 is 1.41 bits per heavy atom. The Kier molecular flexibility index (Phi) is 2.01. The number of hydrogen-bond donors (Lipinski definition) is 2. The Morgan fingerprint density at radius 3 is 2.82 bits per heavy atom. The summed E-state index contributed by atoms with van der Waals surface area (Å²) in [4.78, 5) is 22.4. The Balaban J connectivity index is 1.97. The number of aromatic nitrogens is 3. The summed E-state index contributed by atoms with van der Waals surface area (Å²) < 4.78 is 0. The van der Waals surface area contributed by atoms with Gasteiger partial charge in [-0.1, -0.05) is 0 Å². The molecule has 2 aromatic rings. The number of nitrogens with zero attached hydrogens (tertiary/aromatic N) is 2. The third kappa shape index (κ3) is 1.51. The standard InChI is InChI=1S/C12H11N3O2/c16-11(17)12(3-4-12)10-14-7-9(15-10)8-2-1-5-13-6-8/h1-2,5-7H,3-4H2,(H,14,15)(H,16,17). The van der Waals surface area contributed by atoms with Crippen LogP contribution in [-0.2, 0) is 10.2 Å². The number of aliphatic carboxylic acids is 1. The minimum absolute atomic E-state index is 0.545. The summed E-state index contributed by atoms with van der Waals surface area (Å²) in [5.74, 6) is -0.256. The molecule has 1 fully saturated rings. The fourth-order valence-electron chi connectivity index (χ4n) is 1.91. The van der Waals surface area contributed by atoms with Crippen molar-refractivity contribution in [3.8, 4) is 11.3 Å². The lowest BCUT2D eigenvalue weighted by Gasteiger charge is -2.04. The van der Waals surface area contributed by atoms with Crippen LogP contribution in [0.15, 0.2) is 30.7 Å². The number of hydrogen-bond acceptors (Lipinski definition) is 3. The van der Waals surface area contributed by atoms with Gasteiger partial charge >= 0.3 is 5.97 Å². The number of pyridine rings is 1. The van der Waals surface area contributed by atoms with Gasteiger partial charge in [0.15, 0.2) is 0 Å². The Labute approximate surface area is 97.5 Å². The molecule has 0 unspecified atom stereocenters. The number of nitrogens with one attached hydrogen (secondary N) is 1. The van der Waals surface area contributed by atoms with Crippen molar-refractivity contribution < 1.29 is 9.90 Å². The van der Waals surface area contributed by atoms with Crippen LogP contribution in [0.25, 0.3) is 11.3 Å². The van der Waals surface area contributed by atoms with E-state index in [1.807, 2.05) is 12.1 Å². The summed E-state index contributed by atoms with van der Waals surface area (Å²) in [5.41, 5.74) is 0.938. The van der Waals surface area contributed by atoms with Gasteiger partial charge in [0.05, 0.1) is 11.9 Å². The zero-order valence-corrected chi connectivity index (χ0v) is 9.05. The van der Waals surface area contributed by atoms with Crippen molar-refractivity contribution >= 4 is 5.97 Å². The van der Waals surface area contributed by atoms with E-state index < -0.39 is 11.4 Å². The molecular weight excluding hydrogens is 218 g/mol. The zero-order valence-electron chi connectivity index (χ0n) is 9.05. The van der Waals surface area contributed by atoms with Gasteiger partial charge in [-0.2, -0.15) is 0 Å². The Hall–Kier alpha value is -2.17. The third-order valence-corrected chi connectivity index (χ3v) is 3.16. The van der Waals surface area contributed by atoms with Gasteiger partial charge in [0.25, 0.3) is 0 Å². The maximum absolute atomic E-state index is 11.2. The molecule has 0 aromatic carbocycles. The van der Waals surface area contributed by atoms with E-state index in [2.05, 4.69) is 15.0 Å². The molecule has 86 valence electrons. The van der Waals surface area contributed by atoms with Gasteiger partial charge in [-0.15, -0.1) is 0 Å². The van der Waals surface area contributed by atoms with Gasteiger partial charge in [-0.25, -0.2) is 4.98 Å². The minimum Gasteiger partial charge on any atom is -0.480 e. The van der Waals surface area contributed by atoms with Gasteiger partial charge in [0.2, 0.25) is 0 Å². The molecule has 0 saturated heterocycles. The molecule has 0 radical (unpaired) electrons. The molecule has 2 heterocycles. The lowest BCUT2D eigenvalue weighted by Crippen LogP contribution is -2.20. The molecule has 1 aliphatic carbocycles. The topological polar surface area (TPSA) is 78.9 Å². The highest BCUT2D eigenvalue weighted by molar-refractivity contribution is 5.83. The van der Waals surface area contributed by atoms with Gasteiger partial charge in [-0.3, -0.25) is 9.78 Å². The predicted octanol–water partition coefficient (Wildman–Crippen LogP) is 1.59. The number of carboxylic acids is 1. The highest BCUT2D eigenvalue weighted by Crippen LogP contribution is 2.47. The summed E-state index contributed by atoms with van der Waals surface area (Å²) in [5, 5.41) is 9.16. The maximum Gasteiger partial charge on any atom is 0.317 e. The first kappa shape index (κ1) is 10.0. The van der Waals surface area contributed by atoms with Crippen LogP contribution in [0.4, 0.5) is 0 Å². The molecule has 3 rings (SSSR count). The van der Waals surface area contributed by atoms with E-state index in [9.17, 15) is 4.79 Å². The molecule has 5 heteroatoms. The molecule has 0 bridgehead atoms. The lowest BCUT2D eigenvalue weighted by atomic mass is 10.1. The molecule has 1 aliphatic rings. The molecule has 2 aromatic heterocycles. The Morgan fingerprint density at radius 2 is 2.24 bits per heavy atom. The van der Waals surface area contributed by atoms with Gasteiger partial charge in [0, 0.05) is 18.0 Å². The molecule has 0 atom stereocenters. The van der Waals surface area contributed by atoms with Crippen molar-refractivity contribution in [3.63, 3.8) is 0 Å². The van der Waals surface area contributed by atoms with E-state index in [-0.39, 0.29) is 0 Å². The van der Waals surface area contributed by atoms with Crippen molar-refractivity contribution in [1.29, 1.82) is 0 Å². The second-order valence-electron chi connectivity index (χ2n) is 4.27. The quantitative estimate of drug-likeness (QED) is 0.837. The lowest BCUT2D eigenvalue weighted by molar-refractivity contribution is -0.140. The van der Waals surface area contributed by atoms with Crippen LogP contribution < -0.4 is 0 Å². The van der Waals surface area contributed by atoms with Crippen LogP contribution in [0, 0.1) is 0 Å². The second-order valence-corrected chi connectivity index (χ2v) is 4.27. The molecule has 0 amide bonds. The normalized spacial score (nSPS) is 16.7. The monoisotopic (exact) mass is 229 g/mol. The van der Waals surface area contributed by atoms with E-state index in [0.29, 0.717) is 18.7 Å². The summed E-state index contributed by atoms with van der Waals surface area (Å²) in [7, 11) is 0. The van der Waals surface area contributed by atoms with E-state index in [1.54, 1.807) is 18.6 Å². The van der Waals surface area contributed by atoms with E-state index in [1.165, 1.54) is 0 Å². The highest BCUT2D eigenvalue weighted by atomic mass is 16.4. The summed E-state index contributed by atoms with van der Waals surface area (Å²) in [6.07, 6.45) is 6.39. The number of H-pyrrole nitrogens is 1. The van der Waals surface area contributed by atoms with Crippen molar-refractivity contribution in [1.82, 2.24) is 15.0 Å². The zero-order chi connectivity index (χ0) is 11.9. The molecule has 2 N–H and O–H groups in total. The smallest absolute Gasteiger partial charge is 0.317 e. The largest absolute Gasteiger partial charge is 0.480 e. The number of aromatic amines is 1. The van der Waals surface area contributed by atoms with Gasteiger partial charge in [-0.05, 0) is 25.0 Å². The molecular formula is C12H11N3O2. The van der Waals surface area contributed by atoms with Crippen LogP contribution in [0.2, 0.25) is 0 Å². The number of rotatable bonds is 3. The number of carbonyl (C=O) groups is 1. The van der Waals surface area contributed by atoms with Crippen molar-refractivity contribution in [2.24, 2.45) is 0 Å². The van der Waals surface area contributed by atoms with Crippen LogP contribution in [-0.4, -0.2) is 26.0 Å². The van der Waals surface area contributed by atoms with Crippen LogP contribution in [0.5, 0.6) is 0 Å². The second kappa shape index (κ2) is 3.41. The molecule has 1 saturated carbocycles. The molecule has 0 spiro atoms. The molecule has 17 heavy (non-hydrogen) atoms. The fraction of sp³-hybridized carbons (Fsp3) is 0.250. The maximum atomic E-state index is 11.2. The average Bonchev–Trinajstić information content (AvgIpc) is 3.02. The first-order valence-electron chi connectivity index (χ1n) is 5.42. The van der Waals surface area contributed by atoms with E-state index in [0.717, 1.165) is 11.3 Å². The van der Waals surface area contributed by atoms with Gasteiger partial charge < -0.3 is 10.1 Å². The fourth-order valence-corrected chi connectivity index (χ4v) is 1.91. The van der Waals surface area contributed by atoms with Crippen molar-refractivity contribution in [2.75, 3.05) is 0 Å². The average molecular weight is 229 g/mol. The first-order valence-corrected chi connectivity index (χ1v) is 5.42. The SMILES string of the molecule is O=C(O)C1(c2ncc(-c3cccnc3)[nH]2)CC1.